The fourth-order valence-electron chi connectivity index (χ4n) is 1.71. The van der Waals surface area contributed by atoms with Crippen molar-refractivity contribution in [2.45, 2.75) is 32.9 Å². The number of anilines is 1. The quantitative estimate of drug-likeness (QED) is 0.852. The van der Waals surface area contributed by atoms with Crippen LogP contribution in [0.5, 0.6) is 5.75 Å². The first-order chi connectivity index (χ1) is 9.08. The molecular weight excluding hydrogens is 306 g/mol. The van der Waals surface area contributed by atoms with E-state index in [9.17, 15) is 0 Å². The predicted octanol–water partition coefficient (Wildman–Crippen LogP) is 3.78. The number of rotatable bonds is 5. The normalized spacial score (nSPS) is 12.4. The van der Waals surface area contributed by atoms with Crippen molar-refractivity contribution in [3.05, 3.63) is 40.6 Å². The topological polar surface area (TPSA) is 53.1 Å². The summed E-state index contributed by atoms with van der Waals surface area (Å²) in [5.74, 6) is 0.741. The van der Waals surface area contributed by atoms with E-state index in [-0.39, 0.29) is 0 Å². The third-order valence-corrected chi connectivity index (χ3v) is 3.44. The van der Waals surface area contributed by atoms with Crippen molar-refractivity contribution >= 4 is 21.6 Å². The second-order valence-corrected chi connectivity index (χ2v) is 5.47. The van der Waals surface area contributed by atoms with Gasteiger partial charge in [-0.05, 0) is 31.5 Å². The van der Waals surface area contributed by atoms with Gasteiger partial charge in [0.05, 0.1) is 5.69 Å². The Hall–Kier alpha value is -1.49. The molecule has 1 atom stereocenters. The molecule has 0 fully saturated rings. The first-order valence-corrected chi connectivity index (χ1v) is 7.10. The van der Waals surface area contributed by atoms with Crippen LogP contribution in [0, 0.1) is 0 Å². The molecule has 0 radical (unpaired) electrons. The minimum atomic E-state index is 0.412. The highest BCUT2D eigenvalue weighted by molar-refractivity contribution is 9.10. The maximum atomic E-state index is 5.76. The Bertz CT molecular complexity index is 533. The van der Waals surface area contributed by atoms with Gasteiger partial charge >= 0.3 is 0 Å². The number of benzene rings is 1. The summed E-state index contributed by atoms with van der Waals surface area (Å²) in [6, 6.07) is 7.92. The van der Waals surface area contributed by atoms with E-state index in [1.165, 1.54) is 0 Å². The lowest BCUT2D eigenvalue weighted by molar-refractivity contribution is 0.298. The van der Waals surface area contributed by atoms with Gasteiger partial charge in [-0.15, -0.1) is 0 Å². The van der Waals surface area contributed by atoms with Crippen LogP contribution in [-0.4, -0.2) is 9.78 Å². The van der Waals surface area contributed by atoms with Crippen LogP contribution in [-0.2, 0) is 6.61 Å². The van der Waals surface area contributed by atoms with Crippen molar-refractivity contribution in [1.82, 2.24) is 9.78 Å². The summed E-state index contributed by atoms with van der Waals surface area (Å²) >= 11 is 3.39. The molecule has 4 nitrogen and oxygen atoms in total. The number of hydrogen-bond acceptors (Lipinski definition) is 3. The lowest BCUT2D eigenvalue weighted by Crippen LogP contribution is -2.05. The van der Waals surface area contributed by atoms with E-state index in [4.69, 9.17) is 10.5 Å². The Kier molecular flexibility index (Phi) is 4.47. The third-order valence-electron chi connectivity index (χ3n) is 2.99. The van der Waals surface area contributed by atoms with Gasteiger partial charge in [-0.2, -0.15) is 5.10 Å². The summed E-state index contributed by atoms with van der Waals surface area (Å²) in [7, 11) is 0. The van der Waals surface area contributed by atoms with E-state index >= 15 is 0 Å². The molecule has 102 valence electrons. The number of nitrogen functional groups attached to an aromatic ring is 1. The third kappa shape index (κ3) is 3.73. The Morgan fingerprint density at radius 1 is 1.42 bits per heavy atom. The smallest absolute Gasteiger partial charge is 0.132 e. The molecule has 0 aliphatic heterocycles. The van der Waals surface area contributed by atoms with E-state index in [0.717, 1.165) is 22.3 Å². The minimum absolute atomic E-state index is 0.412. The average Bonchev–Trinajstić information content (AvgIpc) is 2.83. The fraction of sp³-hybridized carbons (Fsp3) is 0.357. The van der Waals surface area contributed by atoms with Gasteiger partial charge in [0.1, 0.15) is 12.4 Å². The monoisotopic (exact) mass is 323 g/mol. The molecule has 1 aromatic carbocycles. The number of hydrogen-bond donors (Lipinski definition) is 1. The standard InChI is InChI=1S/C14H18BrN3O/c1-3-10(2)18-5-4-13(17-18)9-19-14-7-11(15)6-12(16)8-14/h4-8,10H,3,9,16H2,1-2H3. The molecule has 0 saturated heterocycles. The molecule has 0 aliphatic carbocycles. The van der Waals surface area contributed by atoms with E-state index in [1.807, 2.05) is 29.1 Å². The molecule has 0 spiro atoms. The summed E-state index contributed by atoms with van der Waals surface area (Å²) in [5, 5.41) is 4.49. The van der Waals surface area contributed by atoms with Crippen LogP contribution in [0.15, 0.2) is 34.9 Å². The molecule has 5 heteroatoms. The number of halogens is 1. The molecule has 2 N–H and O–H groups in total. The second kappa shape index (κ2) is 6.10. The Morgan fingerprint density at radius 3 is 2.89 bits per heavy atom. The van der Waals surface area contributed by atoms with Gasteiger partial charge < -0.3 is 10.5 Å². The van der Waals surface area contributed by atoms with Crippen LogP contribution in [0.3, 0.4) is 0 Å². The Balaban J connectivity index is 2.00. The first kappa shape index (κ1) is 13.9. The Labute approximate surface area is 121 Å². The molecule has 0 amide bonds. The number of aromatic nitrogens is 2. The first-order valence-electron chi connectivity index (χ1n) is 6.31. The average molecular weight is 324 g/mol. The summed E-state index contributed by atoms with van der Waals surface area (Å²) in [4.78, 5) is 0. The predicted molar refractivity (Wildman–Crippen MR) is 80.1 cm³/mol. The molecule has 1 unspecified atom stereocenters. The van der Waals surface area contributed by atoms with Crippen LogP contribution >= 0.6 is 15.9 Å². The van der Waals surface area contributed by atoms with Gasteiger partial charge in [0, 0.05) is 28.5 Å². The largest absolute Gasteiger partial charge is 0.487 e. The van der Waals surface area contributed by atoms with Gasteiger partial charge in [0.2, 0.25) is 0 Å². The SMILES string of the molecule is CCC(C)n1ccc(COc2cc(N)cc(Br)c2)n1. The molecular formula is C14H18BrN3O. The van der Waals surface area contributed by atoms with Gasteiger partial charge in [-0.1, -0.05) is 22.9 Å². The highest BCUT2D eigenvalue weighted by atomic mass is 79.9. The van der Waals surface area contributed by atoms with Crippen molar-refractivity contribution < 1.29 is 4.74 Å². The zero-order chi connectivity index (χ0) is 13.8. The van der Waals surface area contributed by atoms with Crippen molar-refractivity contribution in [2.75, 3.05) is 5.73 Å². The van der Waals surface area contributed by atoms with Gasteiger partial charge in [-0.3, -0.25) is 4.68 Å². The van der Waals surface area contributed by atoms with E-state index in [0.29, 0.717) is 18.3 Å². The van der Waals surface area contributed by atoms with Crippen LogP contribution in [0.25, 0.3) is 0 Å². The van der Waals surface area contributed by atoms with Crippen LogP contribution in [0.2, 0.25) is 0 Å². The molecule has 2 aromatic rings. The van der Waals surface area contributed by atoms with Gasteiger partial charge in [-0.25, -0.2) is 0 Å². The van der Waals surface area contributed by atoms with Gasteiger partial charge in [0.15, 0.2) is 0 Å². The zero-order valence-corrected chi connectivity index (χ0v) is 12.7. The molecule has 0 bridgehead atoms. The molecule has 1 aromatic heterocycles. The lowest BCUT2D eigenvalue weighted by atomic mass is 10.3. The maximum Gasteiger partial charge on any atom is 0.132 e. The summed E-state index contributed by atoms with van der Waals surface area (Å²) < 4.78 is 8.57. The van der Waals surface area contributed by atoms with Crippen molar-refractivity contribution in [1.29, 1.82) is 0 Å². The molecule has 19 heavy (non-hydrogen) atoms. The van der Waals surface area contributed by atoms with Crippen molar-refractivity contribution in [3.8, 4) is 5.75 Å². The summed E-state index contributed by atoms with van der Waals surface area (Å²) in [6.45, 7) is 4.73. The fourth-order valence-corrected chi connectivity index (χ4v) is 2.20. The van der Waals surface area contributed by atoms with Crippen LogP contribution in [0.1, 0.15) is 32.0 Å². The number of ether oxygens (including phenoxy) is 1. The van der Waals surface area contributed by atoms with Crippen molar-refractivity contribution in [2.24, 2.45) is 0 Å². The molecule has 1 heterocycles. The minimum Gasteiger partial charge on any atom is -0.487 e. The van der Waals surface area contributed by atoms with Crippen molar-refractivity contribution in [3.63, 3.8) is 0 Å². The van der Waals surface area contributed by atoms with E-state index < -0.39 is 0 Å². The molecule has 0 aliphatic rings. The van der Waals surface area contributed by atoms with E-state index in [1.54, 1.807) is 6.07 Å². The Morgan fingerprint density at radius 2 is 2.21 bits per heavy atom. The second-order valence-electron chi connectivity index (χ2n) is 4.55. The highest BCUT2D eigenvalue weighted by Gasteiger charge is 2.05. The highest BCUT2D eigenvalue weighted by Crippen LogP contribution is 2.23. The summed E-state index contributed by atoms with van der Waals surface area (Å²) in [5.41, 5.74) is 7.35. The molecule has 2 rings (SSSR count). The van der Waals surface area contributed by atoms with Crippen LogP contribution < -0.4 is 10.5 Å². The number of nitrogens with two attached hydrogens (primary N) is 1. The maximum absolute atomic E-state index is 5.76. The summed E-state index contributed by atoms with van der Waals surface area (Å²) in [6.07, 6.45) is 3.05. The van der Waals surface area contributed by atoms with Crippen LogP contribution in [0.4, 0.5) is 5.69 Å². The lowest BCUT2D eigenvalue weighted by Gasteiger charge is -2.09. The zero-order valence-electron chi connectivity index (χ0n) is 11.1. The molecule has 0 saturated carbocycles. The van der Waals surface area contributed by atoms with Gasteiger partial charge in [0.25, 0.3) is 0 Å². The number of nitrogens with zero attached hydrogens (tertiary/aromatic N) is 2. The van der Waals surface area contributed by atoms with E-state index in [2.05, 4.69) is 34.9 Å².